The van der Waals surface area contributed by atoms with E-state index < -0.39 is 0 Å². The molecule has 60 heavy (non-hydrogen) atoms. The van der Waals surface area contributed by atoms with E-state index in [4.69, 9.17) is 9.47 Å². The fraction of sp³-hybridized carbons (Fsp3) is 0.963. The highest BCUT2D eigenvalue weighted by Gasteiger charge is 2.19. The Morgan fingerprint density at radius 1 is 0.383 bits per heavy atom. The molecule has 2 atom stereocenters. The first-order chi connectivity index (χ1) is 29.3. The van der Waals surface area contributed by atoms with Crippen LogP contribution in [0.3, 0.4) is 0 Å². The summed E-state index contributed by atoms with van der Waals surface area (Å²) in [5.41, 5.74) is 0. The minimum Gasteiger partial charge on any atom is -0.465 e. The molecule has 0 saturated heterocycles. The lowest BCUT2D eigenvalue weighted by atomic mass is 9.95. The van der Waals surface area contributed by atoms with E-state index in [2.05, 4.69) is 46.4 Å². The van der Waals surface area contributed by atoms with Crippen molar-refractivity contribution in [1.29, 1.82) is 0 Å². The van der Waals surface area contributed by atoms with Crippen LogP contribution in [0.25, 0.3) is 0 Å². The van der Waals surface area contributed by atoms with E-state index >= 15 is 0 Å². The second-order valence-electron chi connectivity index (χ2n) is 19.3. The molecule has 358 valence electrons. The van der Waals surface area contributed by atoms with Crippen molar-refractivity contribution >= 4 is 11.9 Å². The van der Waals surface area contributed by atoms with Crippen molar-refractivity contribution in [2.24, 2.45) is 23.7 Å². The molecule has 0 aliphatic heterocycles. The van der Waals surface area contributed by atoms with Gasteiger partial charge in [-0.25, -0.2) is 0 Å². The number of ether oxygens (including phenoxy) is 2. The van der Waals surface area contributed by atoms with Crippen LogP contribution in [-0.4, -0.2) is 61.4 Å². The highest BCUT2D eigenvalue weighted by molar-refractivity contribution is 5.72. The first-order valence-electron chi connectivity index (χ1n) is 27.0. The number of carbonyl (C=O) groups is 2. The van der Waals surface area contributed by atoms with Gasteiger partial charge in [-0.2, -0.15) is 0 Å². The van der Waals surface area contributed by atoms with Crippen molar-refractivity contribution in [3.05, 3.63) is 0 Å². The lowest BCUT2D eigenvalue weighted by Gasteiger charge is -2.22. The molecule has 0 bridgehead atoms. The first kappa shape index (κ1) is 58.9. The number of aliphatic hydroxyl groups excluding tert-OH is 1. The van der Waals surface area contributed by atoms with E-state index in [0.717, 1.165) is 58.2 Å². The van der Waals surface area contributed by atoms with Gasteiger partial charge in [0.25, 0.3) is 0 Å². The van der Waals surface area contributed by atoms with Crippen molar-refractivity contribution in [3.8, 4) is 0 Å². The fourth-order valence-corrected chi connectivity index (χ4v) is 8.75. The summed E-state index contributed by atoms with van der Waals surface area (Å²) in [6, 6.07) is 0. The topological polar surface area (TPSA) is 76.1 Å². The number of hydrogen-bond donors (Lipinski definition) is 1. The van der Waals surface area contributed by atoms with Gasteiger partial charge in [0, 0.05) is 6.61 Å². The van der Waals surface area contributed by atoms with Gasteiger partial charge in [-0.15, -0.1) is 0 Å². The summed E-state index contributed by atoms with van der Waals surface area (Å²) in [5, 5.41) is 9.37. The Balaban J connectivity index is 4.42. The largest absolute Gasteiger partial charge is 0.465 e. The number of aliphatic hydroxyl groups is 1. The number of hydrogen-bond acceptors (Lipinski definition) is 6. The number of nitrogens with zero attached hydrogens (tertiary/aromatic N) is 1. The zero-order chi connectivity index (χ0) is 44.2. The molecule has 0 aromatic carbocycles. The van der Waals surface area contributed by atoms with E-state index in [0.29, 0.717) is 25.0 Å². The Morgan fingerprint density at radius 2 is 0.650 bits per heavy atom. The number of carbonyl (C=O) groups excluding carboxylic acids is 2. The minimum atomic E-state index is -0.0134. The van der Waals surface area contributed by atoms with Crippen LogP contribution < -0.4 is 0 Å². The third-order valence-corrected chi connectivity index (χ3v) is 13.2. The molecule has 0 aromatic heterocycles. The fourth-order valence-electron chi connectivity index (χ4n) is 8.75. The van der Waals surface area contributed by atoms with Gasteiger partial charge in [-0.1, -0.05) is 208 Å². The van der Waals surface area contributed by atoms with Crippen LogP contribution in [-0.2, 0) is 19.1 Å². The van der Waals surface area contributed by atoms with Crippen LogP contribution in [0, 0.1) is 23.7 Å². The predicted molar refractivity (Wildman–Crippen MR) is 260 cm³/mol. The normalized spacial score (nSPS) is 12.8. The van der Waals surface area contributed by atoms with Crippen molar-refractivity contribution in [2.75, 3.05) is 39.5 Å². The molecule has 0 aliphatic carbocycles. The molecule has 0 aliphatic rings. The summed E-state index contributed by atoms with van der Waals surface area (Å²) in [6.07, 6.45) is 43.9. The molecular weight excluding hydrogens is 743 g/mol. The molecule has 0 fully saturated rings. The zero-order valence-corrected chi connectivity index (χ0v) is 41.5. The Hall–Kier alpha value is -1.14. The van der Waals surface area contributed by atoms with Crippen molar-refractivity contribution in [2.45, 2.75) is 273 Å². The standard InChI is InChI=1S/C54H107NO5/c1-7-11-15-19-29-39-51(40-30-20-16-12-8-2)47-59-53(57)49(5)37-27-23-25-33-43-55(45-35-36-46-56)44-34-26-24-28-38-50(6)54(58)60-48-52(41-31-21-17-13-9-3)42-32-22-18-14-10-4/h49-52,56H,7-48H2,1-6H3. The van der Waals surface area contributed by atoms with Crippen molar-refractivity contribution in [3.63, 3.8) is 0 Å². The van der Waals surface area contributed by atoms with Crippen LogP contribution in [0.4, 0.5) is 0 Å². The molecule has 1 N–H and O–H groups in total. The quantitative estimate of drug-likeness (QED) is 0.0485. The summed E-state index contributed by atoms with van der Waals surface area (Å²) in [7, 11) is 0. The van der Waals surface area contributed by atoms with Crippen LogP contribution in [0.2, 0.25) is 0 Å². The van der Waals surface area contributed by atoms with Gasteiger partial charge in [0.05, 0.1) is 25.0 Å². The zero-order valence-electron chi connectivity index (χ0n) is 41.5. The maximum Gasteiger partial charge on any atom is 0.308 e. The summed E-state index contributed by atoms with van der Waals surface area (Å²) in [6.45, 7) is 18.0. The van der Waals surface area contributed by atoms with Gasteiger partial charge in [0.1, 0.15) is 0 Å². The van der Waals surface area contributed by atoms with Crippen LogP contribution >= 0.6 is 0 Å². The summed E-state index contributed by atoms with van der Waals surface area (Å²) < 4.78 is 11.9. The van der Waals surface area contributed by atoms with Gasteiger partial charge < -0.3 is 19.5 Å². The number of esters is 2. The Bertz CT molecular complexity index is 803. The molecule has 0 radical (unpaired) electrons. The molecule has 0 amide bonds. The van der Waals surface area contributed by atoms with Gasteiger partial charge >= 0.3 is 11.9 Å². The van der Waals surface area contributed by atoms with Crippen LogP contribution in [0.5, 0.6) is 0 Å². The van der Waals surface area contributed by atoms with Gasteiger partial charge in [-0.05, 0) is 95.7 Å². The molecule has 0 rings (SSSR count). The van der Waals surface area contributed by atoms with E-state index in [1.807, 2.05) is 0 Å². The molecule has 0 spiro atoms. The van der Waals surface area contributed by atoms with E-state index in [1.165, 1.54) is 193 Å². The maximum absolute atomic E-state index is 12.9. The van der Waals surface area contributed by atoms with Crippen molar-refractivity contribution < 1.29 is 24.2 Å². The Labute approximate surface area is 375 Å². The average molecular weight is 850 g/mol. The molecule has 6 nitrogen and oxygen atoms in total. The lowest BCUT2D eigenvalue weighted by Crippen LogP contribution is -2.27. The van der Waals surface area contributed by atoms with E-state index in [1.54, 1.807) is 0 Å². The molecule has 0 saturated carbocycles. The van der Waals surface area contributed by atoms with Crippen LogP contribution in [0.15, 0.2) is 0 Å². The number of unbranched alkanes of at least 4 members (excludes halogenated alkanes) is 23. The summed E-state index contributed by atoms with van der Waals surface area (Å²) in [4.78, 5) is 28.5. The monoisotopic (exact) mass is 850 g/mol. The molecular formula is C54H107NO5. The predicted octanol–water partition coefficient (Wildman–Crippen LogP) is 16.0. The second-order valence-corrected chi connectivity index (χ2v) is 19.3. The van der Waals surface area contributed by atoms with Gasteiger partial charge in [0.2, 0.25) is 0 Å². The smallest absolute Gasteiger partial charge is 0.308 e. The summed E-state index contributed by atoms with van der Waals surface area (Å²) >= 11 is 0. The third-order valence-electron chi connectivity index (χ3n) is 13.2. The van der Waals surface area contributed by atoms with Crippen LogP contribution in [0.1, 0.15) is 273 Å². The molecule has 6 heteroatoms. The Kier molecular flexibility index (Phi) is 45.0. The molecule has 2 unspecified atom stereocenters. The second kappa shape index (κ2) is 45.9. The Morgan fingerprint density at radius 3 is 0.950 bits per heavy atom. The van der Waals surface area contributed by atoms with Gasteiger partial charge in [-0.3, -0.25) is 9.59 Å². The van der Waals surface area contributed by atoms with Gasteiger partial charge in [0.15, 0.2) is 0 Å². The molecule has 0 aromatic rings. The first-order valence-corrected chi connectivity index (χ1v) is 27.0. The highest BCUT2D eigenvalue weighted by Crippen LogP contribution is 2.23. The maximum atomic E-state index is 12.9. The van der Waals surface area contributed by atoms with Crippen molar-refractivity contribution in [1.82, 2.24) is 4.90 Å². The third kappa shape index (κ3) is 38.5. The highest BCUT2D eigenvalue weighted by atomic mass is 16.5. The SMILES string of the molecule is CCCCCCCC(CCCCCCC)COC(=O)C(C)CCCCCCN(CCCCO)CCCCCCC(C)C(=O)OCC(CCCCCCC)CCCCCCC. The minimum absolute atomic E-state index is 0.0113. The lowest BCUT2D eigenvalue weighted by molar-refractivity contribution is -0.150. The van der Waals surface area contributed by atoms with E-state index in [-0.39, 0.29) is 30.4 Å². The summed E-state index contributed by atoms with van der Waals surface area (Å²) in [5.74, 6) is 1.04. The van der Waals surface area contributed by atoms with E-state index in [9.17, 15) is 14.7 Å². The average Bonchev–Trinajstić information content (AvgIpc) is 3.25. The molecule has 0 heterocycles. The number of rotatable bonds is 48.